The maximum Gasteiger partial charge on any atom is 0.149 e. The topological polar surface area (TPSA) is 18.5 Å². The van der Waals surface area contributed by atoms with Gasteiger partial charge >= 0.3 is 0 Å². The lowest BCUT2D eigenvalue weighted by Gasteiger charge is -2.00. The third-order valence-corrected chi connectivity index (χ3v) is 1.68. The van der Waals surface area contributed by atoms with Gasteiger partial charge in [-0.1, -0.05) is 30.8 Å². The number of ether oxygens (including phenoxy) is 2. The maximum absolute atomic E-state index is 5.08. The van der Waals surface area contributed by atoms with Gasteiger partial charge in [-0.05, 0) is 12.8 Å². The Morgan fingerprint density at radius 3 is 2.80 bits per heavy atom. The summed E-state index contributed by atoms with van der Waals surface area (Å²) in [6, 6.07) is 0. The van der Waals surface area contributed by atoms with Gasteiger partial charge in [0.15, 0.2) is 0 Å². The summed E-state index contributed by atoms with van der Waals surface area (Å²) in [6.07, 6.45) is 8.94. The van der Waals surface area contributed by atoms with Gasteiger partial charge < -0.3 is 9.47 Å². The molecule has 1 unspecified atom stereocenters. The van der Waals surface area contributed by atoms with Gasteiger partial charge in [0.2, 0.25) is 0 Å². The lowest BCUT2D eigenvalue weighted by molar-refractivity contribution is -0.0294. The van der Waals surface area contributed by atoms with E-state index < -0.39 is 0 Å². The normalized spacial score (nSPS) is 10.9. The van der Waals surface area contributed by atoms with Crippen LogP contribution in [0.4, 0.5) is 0 Å². The van der Waals surface area contributed by atoms with Crippen molar-refractivity contribution in [3.63, 3.8) is 0 Å². The Balaban J connectivity index is 3.37. The van der Waals surface area contributed by atoms with Crippen molar-refractivity contribution in [2.24, 2.45) is 5.92 Å². The Kier molecular flexibility index (Phi) is 9.98. The number of rotatable bonds is 7. The number of allylic oxidation sites excluding steroid dienone is 1. The van der Waals surface area contributed by atoms with Gasteiger partial charge in [-0.3, -0.25) is 0 Å². The van der Waals surface area contributed by atoms with Crippen molar-refractivity contribution < 1.29 is 9.47 Å². The molecule has 0 heterocycles. The molecule has 0 saturated heterocycles. The minimum Gasteiger partial charge on any atom is -0.343 e. The molecule has 0 aromatic carbocycles. The molecule has 2 heteroatoms. The summed E-state index contributed by atoms with van der Waals surface area (Å²) < 4.78 is 9.99. The van der Waals surface area contributed by atoms with Crippen LogP contribution in [0, 0.1) is 30.1 Å². The molecular weight excluding hydrogens is 188 g/mol. The molecule has 0 aromatic heterocycles. The summed E-state index contributed by atoms with van der Waals surface area (Å²) in [6.45, 7) is 6.64. The highest BCUT2D eigenvalue weighted by Gasteiger charge is 1.93. The van der Waals surface area contributed by atoms with Crippen LogP contribution in [0.1, 0.15) is 19.8 Å². The van der Waals surface area contributed by atoms with Crippen LogP contribution in [0.15, 0.2) is 12.7 Å². The Morgan fingerprint density at radius 2 is 2.13 bits per heavy atom. The van der Waals surface area contributed by atoms with E-state index in [1.807, 2.05) is 6.08 Å². The lowest BCUT2D eigenvalue weighted by Crippen LogP contribution is -2.00. The van der Waals surface area contributed by atoms with Crippen LogP contribution in [0.3, 0.4) is 0 Å². The molecule has 0 rings (SSSR count). The van der Waals surface area contributed by atoms with Crippen molar-refractivity contribution in [2.45, 2.75) is 19.8 Å². The largest absolute Gasteiger partial charge is 0.343 e. The summed E-state index contributed by atoms with van der Waals surface area (Å²) >= 11 is 0. The van der Waals surface area contributed by atoms with Gasteiger partial charge in [0.05, 0.1) is 0 Å². The maximum atomic E-state index is 5.08. The van der Waals surface area contributed by atoms with Crippen molar-refractivity contribution in [1.82, 2.24) is 0 Å². The van der Waals surface area contributed by atoms with Crippen LogP contribution in [0.5, 0.6) is 0 Å². The van der Waals surface area contributed by atoms with E-state index in [-0.39, 0.29) is 13.4 Å². The van der Waals surface area contributed by atoms with E-state index in [4.69, 9.17) is 15.9 Å². The Morgan fingerprint density at radius 1 is 1.40 bits per heavy atom. The summed E-state index contributed by atoms with van der Waals surface area (Å²) in [5.41, 5.74) is 0. The molecule has 82 valence electrons. The zero-order valence-electron chi connectivity index (χ0n) is 9.29. The third kappa shape index (κ3) is 10.7. The molecule has 0 N–H and O–H groups in total. The van der Waals surface area contributed by atoms with E-state index in [2.05, 4.69) is 31.3 Å². The van der Waals surface area contributed by atoms with Gasteiger partial charge in [-0.2, -0.15) is 0 Å². The minimum atomic E-state index is 0.208. The van der Waals surface area contributed by atoms with Gasteiger partial charge in [-0.15, -0.1) is 13.0 Å². The smallest absolute Gasteiger partial charge is 0.149 e. The molecule has 0 aliphatic rings. The molecular formula is C13H18O2. The fraction of sp³-hybridized carbons (Fsp3) is 0.538. The fourth-order valence-corrected chi connectivity index (χ4v) is 0.908. The zero-order chi connectivity index (χ0) is 11.4. The van der Waals surface area contributed by atoms with E-state index in [0.29, 0.717) is 12.5 Å². The molecule has 0 aromatic rings. The predicted molar refractivity (Wildman–Crippen MR) is 62.0 cm³/mol. The molecule has 0 amide bonds. The van der Waals surface area contributed by atoms with Crippen molar-refractivity contribution in [2.75, 3.05) is 20.0 Å². The average molecular weight is 206 g/mol. The summed E-state index contributed by atoms with van der Waals surface area (Å²) in [4.78, 5) is 0. The molecule has 0 spiro atoms. The second-order valence-corrected chi connectivity index (χ2v) is 3.11. The van der Waals surface area contributed by atoms with Crippen molar-refractivity contribution in [1.29, 1.82) is 0 Å². The number of terminal acetylenes is 1. The van der Waals surface area contributed by atoms with E-state index in [9.17, 15) is 0 Å². The average Bonchev–Trinajstić information content (AvgIpc) is 2.25. The highest BCUT2D eigenvalue weighted by atomic mass is 16.7. The van der Waals surface area contributed by atoms with E-state index in [1.165, 1.54) is 0 Å². The predicted octanol–water partition coefficient (Wildman–Crippen LogP) is 2.22. The standard InChI is InChI=1S/C13H18O2/c1-4-6-8-13(3)9-7-11-15-12-14-10-5-2/h2,4,13H,1,6,8,10-12H2,3H3. The molecule has 1 atom stereocenters. The summed E-state index contributed by atoms with van der Waals surface area (Å²) in [7, 11) is 0. The molecule has 0 saturated carbocycles. The minimum absolute atomic E-state index is 0.208. The second-order valence-electron chi connectivity index (χ2n) is 3.11. The molecule has 2 nitrogen and oxygen atoms in total. The Hall–Kier alpha value is -1.22. The first-order valence-electron chi connectivity index (χ1n) is 4.99. The van der Waals surface area contributed by atoms with Gasteiger partial charge in [0, 0.05) is 5.92 Å². The summed E-state index contributed by atoms with van der Waals surface area (Å²) in [5, 5.41) is 0. The summed E-state index contributed by atoms with van der Waals surface area (Å²) in [5.74, 6) is 8.76. The molecule has 0 bridgehead atoms. The van der Waals surface area contributed by atoms with Crippen LogP contribution < -0.4 is 0 Å². The van der Waals surface area contributed by atoms with Crippen molar-refractivity contribution in [3.8, 4) is 24.2 Å². The second kappa shape index (κ2) is 10.9. The van der Waals surface area contributed by atoms with Crippen LogP contribution in [-0.2, 0) is 9.47 Å². The molecule has 0 aliphatic carbocycles. The van der Waals surface area contributed by atoms with Gasteiger partial charge in [-0.25, -0.2) is 0 Å². The number of hydrogen-bond acceptors (Lipinski definition) is 2. The van der Waals surface area contributed by atoms with Crippen LogP contribution in [-0.4, -0.2) is 20.0 Å². The molecule has 0 aliphatic heterocycles. The first kappa shape index (κ1) is 13.8. The first-order chi connectivity index (χ1) is 7.31. The van der Waals surface area contributed by atoms with Gasteiger partial charge in [0.25, 0.3) is 0 Å². The SMILES string of the molecule is C#CCOCOCC#CC(C)CCC=C. The highest BCUT2D eigenvalue weighted by molar-refractivity contribution is 5.02. The molecule has 0 fully saturated rings. The van der Waals surface area contributed by atoms with Crippen molar-refractivity contribution in [3.05, 3.63) is 12.7 Å². The monoisotopic (exact) mass is 206 g/mol. The van der Waals surface area contributed by atoms with E-state index in [0.717, 1.165) is 12.8 Å². The van der Waals surface area contributed by atoms with Crippen LogP contribution >= 0.6 is 0 Å². The van der Waals surface area contributed by atoms with E-state index >= 15 is 0 Å². The molecule has 0 radical (unpaired) electrons. The lowest BCUT2D eigenvalue weighted by atomic mass is 10.1. The quantitative estimate of drug-likeness (QED) is 0.275. The van der Waals surface area contributed by atoms with Crippen LogP contribution in [0.2, 0.25) is 0 Å². The third-order valence-electron chi connectivity index (χ3n) is 1.68. The fourth-order valence-electron chi connectivity index (χ4n) is 0.908. The Labute approximate surface area is 92.7 Å². The Bertz CT molecular complexity index is 252. The van der Waals surface area contributed by atoms with Gasteiger partial charge in [0.1, 0.15) is 20.0 Å². The number of hydrogen-bond donors (Lipinski definition) is 0. The zero-order valence-corrected chi connectivity index (χ0v) is 9.29. The van der Waals surface area contributed by atoms with Crippen molar-refractivity contribution >= 4 is 0 Å². The van der Waals surface area contributed by atoms with E-state index in [1.54, 1.807) is 0 Å². The molecule has 15 heavy (non-hydrogen) atoms. The highest BCUT2D eigenvalue weighted by Crippen LogP contribution is 2.03. The van der Waals surface area contributed by atoms with Crippen LogP contribution in [0.25, 0.3) is 0 Å². The first-order valence-corrected chi connectivity index (χ1v) is 4.99.